The topological polar surface area (TPSA) is 59.8 Å². The van der Waals surface area contributed by atoms with Crippen molar-refractivity contribution in [1.82, 2.24) is 20.1 Å². The molecule has 0 aliphatic heterocycles. The fraction of sp³-hybridized carbons (Fsp3) is 0.167. The van der Waals surface area contributed by atoms with Gasteiger partial charge in [0.25, 0.3) is 5.91 Å². The number of pyridine rings is 1. The fourth-order valence-electron chi connectivity index (χ4n) is 2.48. The third-order valence-corrected chi connectivity index (χ3v) is 4.41. The smallest absolute Gasteiger partial charge is 0.271 e. The second-order valence-corrected chi connectivity index (χ2v) is 6.97. The molecule has 1 N–H and O–H groups in total. The number of aryl methyl sites for hydroxylation is 2. The van der Waals surface area contributed by atoms with Crippen LogP contribution in [-0.4, -0.2) is 20.7 Å². The molecule has 128 valence electrons. The highest BCUT2D eigenvalue weighted by Gasteiger charge is 2.15. The maximum atomic E-state index is 12.5. The van der Waals surface area contributed by atoms with Crippen molar-refractivity contribution in [2.45, 2.75) is 20.4 Å². The molecule has 0 aliphatic rings. The third kappa shape index (κ3) is 4.08. The van der Waals surface area contributed by atoms with Gasteiger partial charge in [-0.3, -0.25) is 4.79 Å². The third-order valence-electron chi connectivity index (χ3n) is 3.62. The number of amides is 1. The maximum absolute atomic E-state index is 12.5. The van der Waals surface area contributed by atoms with Gasteiger partial charge in [0.05, 0.1) is 10.7 Å². The predicted molar refractivity (Wildman–Crippen MR) is 101 cm³/mol. The average molecular weight is 420 g/mol. The molecule has 2 heterocycles. The molecule has 3 aromatic rings. The van der Waals surface area contributed by atoms with E-state index in [0.29, 0.717) is 17.4 Å². The van der Waals surface area contributed by atoms with Gasteiger partial charge in [-0.25, -0.2) is 9.67 Å². The molecule has 0 atom stereocenters. The first-order valence-electron chi connectivity index (χ1n) is 7.67. The van der Waals surface area contributed by atoms with Gasteiger partial charge in [0.15, 0.2) is 5.82 Å². The lowest BCUT2D eigenvalue weighted by atomic mass is 10.2. The SMILES string of the molecule is Cc1cc(C)n(-c2ccc(Cl)c(C(=O)NCc3cccc(Br)c3)n2)n1. The zero-order chi connectivity index (χ0) is 18.0. The summed E-state index contributed by atoms with van der Waals surface area (Å²) in [5, 5.41) is 7.54. The summed E-state index contributed by atoms with van der Waals surface area (Å²) in [6, 6.07) is 13.1. The lowest BCUT2D eigenvalue weighted by Gasteiger charge is -2.09. The van der Waals surface area contributed by atoms with E-state index in [4.69, 9.17) is 11.6 Å². The number of hydrogen-bond acceptors (Lipinski definition) is 3. The number of nitrogens with one attached hydrogen (secondary N) is 1. The normalized spacial score (nSPS) is 10.7. The standard InChI is InChI=1S/C18H16BrClN4O/c1-11-8-12(2)24(23-11)16-7-6-15(20)17(22-16)18(25)21-10-13-4-3-5-14(19)9-13/h3-9H,10H2,1-2H3,(H,21,25). The Morgan fingerprint density at radius 2 is 2.04 bits per heavy atom. The molecule has 0 aliphatic carbocycles. The first kappa shape index (κ1) is 17.6. The molecule has 0 radical (unpaired) electrons. The van der Waals surface area contributed by atoms with Gasteiger partial charge in [0, 0.05) is 16.7 Å². The fourth-order valence-corrected chi connectivity index (χ4v) is 3.12. The van der Waals surface area contributed by atoms with E-state index >= 15 is 0 Å². The molecule has 7 heteroatoms. The van der Waals surface area contributed by atoms with E-state index in [1.165, 1.54) is 0 Å². The van der Waals surface area contributed by atoms with Crippen molar-refractivity contribution in [3.63, 3.8) is 0 Å². The Hall–Kier alpha value is -2.18. The molecule has 1 amide bonds. The largest absolute Gasteiger partial charge is 0.347 e. The number of hydrogen-bond donors (Lipinski definition) is 1. The lowest BCUT2D eigenvalue weighted by molar-refractivity contribution is 0.0946. The lowest BCUT2D eigenvalue weighted by Crippen LogP contribution is -2.24. The van der Waals surface area contributed by atoms with Crippen molar-refractivity contribution in [2.24, 2.45) is 0 Å². The Labute approximate surface area is 159 Å². The van der Waals surface area contributed by atoms with Crippen molar-refractivity contribution in [3.05, 3.63) is 74.6 Å². The monoisotopic (exact) mass is 418 g/mol. The summed E-state index contributed by atoms with van der Waals surface area (Å²) < 4.78 is 2.65. The van der Waals surface area contributed by atoms with Crippen LogP contribution in [0.15, 0.2) is 46.9 Å². The Balaban J connectivity index is 1.82. The molecule has 0 saturated carbocycles. The van der Waals surface area contributed by atoms with Gasteiger partial charge in [0.1, 0.15) is 5.69 Å². The van der Waals surface area contributed by atoms with E-state index in [1.54, 1.807) is 16.8 Å². The van der Waals surface area contributed by atoms with Crippen molar-refractivity contribution >= 4 is 33.4 Å². The Kier molecular flexibility index (Phi) is 5.20. The molecule has 0 unspecified atom stereocenters. The van der Waals surface area contributed by atoms with Crippen LogP contribution in [-0.2, 0) is 6.54 Å². The first-order chi connectivity index (χ1) is 11.9. The minimum Gasteiger partial charge on any atom is -0.347 e. The number of aromatic nitrogens is 3. The minimum absolute atomic E-state index is 0.182. The molecular formula is C18H16BrClN4O. The molecule has 0 saturated heterocycles. The van der Waals surface area contributed by atoms with E-state index in [-0.39, 0.29) is 11.6 Å². The molecule has 5 nitrogen and oxygen atoms in total. The molecule has 25 heavy (non-hydrogen) atoms. The second-order valence-electron chi connectivity index (χ2n) is 5.65. The number of carbonyl (C=O) groups excluding carboxylic acids is 1. The Morgan fingerprint density at radius 3 is 2.72 bits per heavy atom. The van der Waals surface area contributed by atoms with E-state index in [0.717, 1.165) is 21.4 Å². The summed E-state index contributed by atoms with van der Waals surface area (Å²) in [4.78, 5) is 16.9. The molecular weight excluding hydrogens is 404 g/mol. The molecule has 0 spiro atoms. The molecule has 0 bridgehead atoms. The zero-order valence-corrected chi connectivity index (χ0v) is 16.1. The summed E-state index contributed by atoms with van der Waals surface area (Å²) >= 11 is 9.58. The number of nitrogens with zero attached hydrogens (tertiary/aromatic N) is 3. The van der Waals surface area contributed by atoms with Crippen molar-refractivity contribution in [3.8, 4) is 5.82 Å². The van der Waals surface area contributed by atoms with Gasteiger partial charge in [-0.1, -0.05) is 39.7 Å². The number of benzene rings is 1. The van der Waals surface area contributed by atoms with Gasteiger partial charge < -0.3 is 5.32 Å². The van der Waals surface area contributed by atoms with Crippen molar-refractivity contribution in [2.75, 3.05) is 0 Å². The summed E-state index contributed by atoms with van der Waals surface area (Å²) in [6.45, 7) is 4.23. The molecule has 1 aromatic carbocycles. The van der Waals surface area contributed by atoms with Crippen molar-refractivity contribution in [1.29, 1.82) is 0 Å². The van der Waals surface area contributed by atoms with Crippen LogP contribution in [0.25, 0.3) is 5.82 Å². The van der Waals surface area contributed by atoms with Gasteiger partial charge in [-0.2, -0.15) is 5.10 Å². The summed E-state index contributed by atoms with van der Waals surface area (Å²) in [6.07, 6.45) is 0. The highest BCUT2D eigenvalue weighted by molar-refractivity contribution is 9.10. The molecule has 0 fully saturated rings. The van der Waals surface area contributed by atoms with Crippen LogP contribution in [0.3, 0.4) is 0 Å². The van der Waals surface area contributed by atoms with Crippen molar-refractivity contribution < 1.29 is 4.79 Å². The van der Waals surface area contributed by atoms with E-state index in [1.807, 2.05) is 44.2 Å². The van der Waals surface area contributed by atoms with Gasteiger partial charge in [-0.15, -0.1) is 0 Å². The summed E-state index contributed by atoms with van der Waals surface area (Å²) in [7, 11) is 0. The Morgan fingerprint density at radius 1 is 1.24 bits per heavy atom. The average Bonchev–Trinajstić information content (AvgIpc) is 2.91. The van der Waals surface area contributed by atoms with Crippen LogP contribution in [0.4, 0.5) is 0 Å². The van der Waals surface area contributed by atoms with Crippen LogP contribution in [0, 0.1) is 13.8 Å². The maximum Gasteiger partial charge on any atom is 0.271 e. The molecule has 2 aromatic heterocycles. The van der Waals surface area contributed by atoms with Crippen LogP contribution in [0.5, 0.6) is 0 Å². The van der Waals surface area contributed by atoms with E-state index in [9.17, 15) is 4.79 Å². The number of halogens is 2. The van der Waals surface area contributed by atoms with Crippen LogP contribution < -0.4 is 5.32 Å². The quantitative estimate of drug-likeness (QED) is 0.688. The van der Waals surface area contributed by atoms with E-state index in [2.05, 4.69) is 31.3 Å². The Bertz CT molecular complexity index is 939. The minimum atomic E-state index is -0.326. The number of rotatable bonds is 4. The van der Waals surface area contributed by atoms with Crippen LogP contribution in [0.2, 0.25) is 5.02 Å². The highest BCUT2D eigenvalue weighted by Crippen LogP contribution is 2.18. The summed E-state index contributed by atoms with van der Waals surface area (Å²) in [5.74, 6) is 0.232. The summed E-state index contributed by atoms with van der Waals surface area (Å²) in [5.41, 5.74) is 2.98. The van der Waals surface area contributed by atoms with Gasteiger partial charge >= 0.3 is 0 Å². The van der Waals surface area contributed by atoms with Crippen LogP contribution in [0.1, 0.15) is 27.4 Å². The van der Waals surface area contributed by atoms with E-state index < -0.39 is 0 Å². The zero-order valence-electron chi connectivity index (χ0n) is 13.8. The van der Waals surface area contributed by atoms with Gasteiger partial charge in [-0.05, 0) is 49.7 Å². The molecule has 3 rings (SSSR count). The first-order valence-corrected chi connectivity index (χ1v) is 8.84. The predicted octanol–water partition coefficient (Wildman–Crippen LogP) is 4.23. The second kappa shape index (κ2) is 7.37. The highest BCUT2D eigenvalue weighted by atomic mass is 79.9. The van der Waals surface area contributed by atoms with Crippen LogP contribution >= 0.6 is 27.5 Å². The van der Waals surface area contributed by atoms with Gasteiger partial charge in [0.2, 0.25) is 0 Å². The number of carbonyl (C=O) groups is 1.